The van der Waals surface area contributed by atoms with Gasteiger partial charge in [-0.1, -0.05) is 48.5 Å². The number of carboxylic acids is 1. The highest BCUT2D eigenvalue weighted by Gasteiger charge is 2.50. The Bertz CT molecular complexity index is 1060. The van der Waals surface area contributed by atoms with Crippen molar-refractivity contribution in [1.82, 2.24) is 9.80 Å². The van der Waals surface area contributed by atoms with E-state index < -0.39 is 41.8 Å². The van der Waals surface area contributed by atoms with Gasteiger partial charge in [-0.25, -0.2) is 9.59 Å². The number of fused-ring (bicyclic) bond motifs is 3. The van der Waals surface area contributed by atoms with Crippen LogP contribution in [-0.4, -0.2) is 64.4 Å². The molecule has 0 radical (unpaired) electrons. The molecule has 1 N–H and O–H groups in total. The van der Waals surface area contributed by atoms with E-state index in [1.807, 2.05) is 48.5 Å². The Balaban J connectivity index is 1.78. The number of nitrogens with zero attached hydrogens (tertiary/aromatic N) is 2. The summed E-state index contributed by atoms with van der Waals surface area (Å²) in [6, 6.07) is 14.2. The number of aliphatic carboxylic acids is 1. The molecule has 0 spiro atoms. The Morgan fingerprint density at radius 3 is 2.06 bits per heavy atom. The highest BCUT2D eigenvalue weighted by atomic mass is 16.6. The number of carbonyl (C=O) groups excluding carboxylic acids is 2. The molecule has 1 aliphatic heterocycles. The van der Waals surface area contributed by atoms with Crippen LogP contribution in [0.2, 0.25) is 0 Å². The molecule has 1 aliphatic carbocycles. The molecule has 1 saturated heterocycles. The number of amides is 2. The van der Waals surface area contributed by atoms with Gasteiger partial charge in [0.05, 0.1) is 24.6 Å². The number of carboxylic acid groups (broad SMARTS) is 1. The number of hydrogen-bond donors (Lipinski definition) is 1. The van der Waals surface area contributed by atoms with Crippen LogP contribution in [-0.2, 0) is 14.3 Å². The van der Waals surface area contributed by atoms with Crippen LogP contribution in [0.1, 0.15) is 44.9 Å². The van der Waals surface area contributed by atoms with Gasteiger partial charge in [0.1, 0.15) is 5.60 Å². The summed E-state index contributed by atoms with van der Waals surface area (Å²) in [6.45, 7) is 7.10. The summed E-state index contributed by atoms with van der Waals surface area (Å²) >= 11 is 0. The molecule has 4 rings (SSSR count). The lowest BCUT2D eigenvalue weighted by Gasteiger charge is -2.36. The zero-order valence-corrected chi connectivity index (χ0v) is 19.9. The largest absolute Gasteiger partial charge is 0.481 e. The van der Waals surface area contributed by atoms with Crippen LogP contribution in [0.4, 0.5) is 9.59 Å². The van der Waals surface area contributed by atoms with Crippen molar-refractivity contribution in [2.24, 2.45) is 5.92 Å². The minimum absolute atomic E-state index is 0.0333. The SMILES string of the molecule is CCOC(=O)N(C1c2ccccc2-c2ccccc21)C1CN(C(=O)OC(C)(C)C)CC1C(=O)O. The highest BCUT2D eigenvalue weighted by molar-refractivity contribution is 5.82. The van der Waals surface area contributed by atoms with Crippen molar-refractivity contribution in [2.75, 3.05) is 19.7 Å². The van der Waals surface area contributed by atoms with E-state index in [0.717, 1.165) is 22.3 Å². The van der Waals surface area contributed by atoms with Gasteiger partial charge in [0, 0.05) is 13.1 Å². The molecule has 8 nitrogen and oxygen atoms in total. The first-order chi connectivity index (χ1) is 16.1. The van der Waals surface area contributed by atoms with Crippen molar-refractivity contribution in [3.63, 3.8) is 0 Å². The van der Waals surface area contributed by atoms with Crippen molar-refractivity contribution in [2.45, 2.75) is 45.4 Å². The maximum atomic E-state index is 13.4. The molecule has 2 aromatic rings. The van der Waals surface area contributed by atoms with Crippen molar-refractivity contribution in [1.29, 1.82) is 0 Å². The second-order valence-corrected chi connectivity index (χ2v) is 9.58. The average Bonchev–Trinajstić information content (AvgIpc) is 3.35. The first kappa shape index (κ1) is 23.6. The summed E-state index contributed by atoms with van der Waals surface area (Å²) in [7, 11) is 0. The Labute approximate surface area is 199 Å². The average molecular weight is 467 g/mol. The summed E-state index contributed by atoms with van der Waals surface area (Å²) in [6.07, 6.45) is -1.21. The van der Waals surface area contributed by atoms with Crippen LogP contribution in [0.3, 0.4) is 0 Å². The summed E-state index contributed by atoms with van der Waals surface area (Å²) < 4.78 is 10.9. The van der Waals surface area contributed by atoms with E-state index in [4.69, 9.17) is 9.47 Å². The number of benzene rings is 2. The first-order valence-corrected chi connectivity index (χ1v) is 11.5. The predicted octanol–water partition coefficient (Wildman–Crippen LogP) is 4.54. The molecule has 2 aromatic carbocycles. The van der Waals surface area contributed by atoms with E-state index in [1.165, 1.54) is 9.80 Å². The van der Waals surface area contributed by atoms with E-state index in [9.17, 15) is 19.5 Å². The van der Waals surface area contributed by atoms with Crippen molar-refractivity contribution in [3.8, 4) is 11.1 Å². The quantitative estimate of drug-likeness (QED) is 0.711. The van der Waals surface area contributed by atoms with E-state index in [1.54, 1.807) is 27.7 Å². The van der Waals surface area contributed by atoms with Gasteiger partial charge in [-0.15, -0.1) is 0 Å². The summed E-state index contributed by atoms with van der Waals surface area (Å²) in [5, 5.41) is 10.1. The number of rotatable bonds is 4. The predicted molar refractivity (Wildman–Crippen MR) is 125 cm³/mol. The molecule has 180 valence electrons. The van der Waals surface area contributed by atoms with Crippen LogP contribution in [0.5, 0.6) is 0 Å². The summed E-state index contributed by atoms with van der Waals surface area (Å²) in [5.41, 5.74) is 3.06. The standard InChI is InChI=1S/C26H30N2O6/c1-5-33-25(32)28(21-15-27(14-20(21)23(29)30)24(31)34-26(2,3)4)22-18-12-8-6-10-16(18)17-11-7-9-13-19(17)22/h6-13,20-22H,5,14-15H2,1-4H3,(H,29,30). The van der Waals surface area contributed by atoms with Gasteiger partial charge < -0.3 is 19.5 Å². The normalized spacial score (nSPS) is 19.4. The molecule has 0 saturated carbocycles. The molecular weight excluding hydrogens is 436 g/mol. The lowest BCUT2D eigenvalue weighted by molar-refractivity contribution is -0.142. The zero-order chi connectivity index (χ0) is 24.6. The van der Waals surface area contributed by atoms with E-state index in [-0.39, 0.29) is 19.7 Å². The van der Waals surface area contributed by atoms with E-state index >= 15 is 0 Å². The lowest BCUT2D eigenvalue weighted by atomic mass is 9.96. The van der Waals surface area contributed by atoms with Gasteiger partial charge in [-0.3, -0.25) is 9.69 Å². The van der Waals surface area contributed by atoms with Gasteiger partial charge >= 0.3 is 18.2 Å². The van der Waals surface area contributed by atoms with Crippen LogP contribution in [0, 0.1) is 5.92 Å². The highest BCUT2D eigenvalue weighted by Crippen LogP contribution is 2.48. The molecule has 2 atom stereocenters. The van der Waals surface area contributed by atoms with Crippen LogP contribution in [0.25, 0.3) is 11.1 Å². The van der Waals surface area contributed by atoms with Crippen molar-refractivity contribution >= 4 is 18.2 Å². The molecular formula is C26H30N2O6. The second kappa shape index (κ2) is 9.00. The third kappa shape index (κ3) is 4.32. The first-order valence-electron chi connectivity index (χ1n) is 11.5. The second-order valence-electron chi connectivity index (χ2n) is 9.58. The molecule has 2 amide bonds. The molecule has 1 heterocycles. The molecule has 1 fully saturated rings. The molecule has 0 bridgehead atoms. The molecule has 34 heavy (non-hydrogen) atoms. The minimum atomic E-state index is -1.08. The summed E-state index contributed by atoms with van der Waals surface area (Å²) in [4.78, 5) is 41.4. The monoisotopic (exact) mass is 466 g/mol. The number of likely N-dealkylation sites (tertiary alicyclic amines) is 1. The van der Waals surface area contributed by atoms with E-state index in [2.05, 4.69) is 0 Å². The fourth-order valence-corrected chi connectivity index (χ4v) is 4.85. The number of ether oxygens (including phenoxy) is 2. The van der Waals surface area contributed by atoms with Gasteiger partial charge in [0.15, 0.2) is 0 Å². The molecule has 2 unspecified atom stereocenters. The number of hydrogen-bond acceptors (Lipinski definition) is 5. The van der Waals surface area contributed by atoms with Gasteiger partial charge in [0.25, 0.3) is 0 Å². The smallest absolute Gasteiger partial charge is 0.410 e. The Kier molecular flexibility index (Phi) is 6.25. The fraction of sp³-hybridized carbons (Fsp3) is 0.423. The molecule has 2 aliphatic rings. The maximum absolute atomic E-state index is 13.4. The zero-order valence-electron chi connectivity index (χ0n) is 19.9. The van der Waals surface area contributed by atoms with E-state index in [0.29, 0.717) is 0 Å². The maximum Gasteiger partial charge on any atom is 0.410 e. The fourth-order valence-electron chi connectivity index (χ4n) is 4.85. The Hall–Kier alpha value is -3.55. The minimum Gasteiger partial charge on any atom is -0.481 e. The third-order valence-electron chi connectivity index (χ3n) is 6.17. The van der Waals surface area contributed by atoms with Gasteiger partial charge in [-0.2, -0.15) is 0 Å². The Morgan fingerprint density at radius 1 is 1.00 bits per heavy atom. The molecule has 8 heteroatoms. The topological polar surface area (TPSA) is 96.4 Å². The molecule has 0 aromatic heterocycles. The Morgan fingerprint density at radius 2 is 1.56 bits per heavy atom. The van der Waals surface area contributed by atoms with Crippen LogP contribution in [0.15, 0.2) is 48.5 Å². The van der Waals surface area contributed by atoms with Gasteiger partial charge in [0.2, 0.25) is 0 Å². The van der Waals surface area contributed by atoms with Crippen LogP contribution < -0.4 is 0 Å². The third-order valence-corrected chi connectivity index (χ3v) is 6.17. The lowest BCUT2D eigenvalue weighted by Crippen LogP contribution is -2.49. The van der Waals surface area contributed by atoms with Crippen molar-refractivity contribution < 1.29 is 29.0 Å². The summed E-state index contributed by atoms with van der Waals surface area (Å²) in [5.74, 6) is -2.07. The van der Waals surface area contributed by atoms with Gasteiger partial charge in [-0.05, 0) is 49.9 Å². The van der Waals surface area contributed by atoms with Crippen LogP contribution >= 0.6 is 0 Å². The number of carbonyl (C=O) groups is 3. The van der Waals surface area contributed by atoms with Crippen molar-refractivity contribution in [3.05, 3.63) is 59.7 Å².